The smallest absolute Gasteiger partial charge is 0.00506 e. The van der Waals surface area contributed by atoms with Crippen molar-refractivity contribution in [3.63, 3.8) is 0 Å². The van der Waals surface area contributed by atoms with Crippen molar-refractivity contribution in [2.24, 2.45) is 0 Å². The first-order valence-corrected chi connectivity index (χ1v) is 2.62. The standard InChI is InChI=1S/C8H8/c1-3-7-5-8(4-2)6-7/h1-2,5-6H2. The molecule has 1 aliphatic rings. The van der Waals surface area contributed by atoms with Gasteiger partial charge in [0, 0.05) is 12.8 Å². The lowest BCUT2D eigenvalue weighted by atomic mass is 9.88. The first kappa shape index (κ1) is 5.18. The molecule has 0 aromatic rings. The van der Waals surface area contributed by atoms with E-state index >= 15 is 0 Å². The lowest BCUT2D eigenvalue weighted by molar-refractivity contribution is 0.867. The molecule has 1 fully saturated rings. The summed E-state index contributed by atoms with van der Waals surface area (Å²) in [5.74, 6) is 0. The molecule has 0 bridgehead atoms. The van der Waals surface area contributed by atoms with Crippen LogP contribution in [0.3, 0.4) is 0 Å². The molecule has 0 saturated heterocycles. The molecule has 0 heteroatoms. The Morgan fingerprint density at radius 3 is 1.62 bits per heavy atom. The summed E-state index contributed by atoms with van der Waals surface area (Å²) in [4.78, 5) is 0. The van der Waals surface area contributed by atoms with Crippen LogP contribution in [0.15, 0.2) is 35.8 Å². The zero-order valence-electron chi connectivity index (χ0n) is 4.83. The second-order valence-electron chi connectivity index (χ2n) is 1.91. The lowest BCUT2D eigenvalue weighted by Gasteiger charge is -2.15. The van der Waals surface area contributed by atoms with Gasteiger partial charge in [-0.2, -0.15) is 0 Å². The van der Waals surface area contributed by atoms with Gasteiger partial charge < -0.3 is 0 Å². The summed E-state index contributed by atoms with van der Waals surface area (Å²) < 4.78 is 0. The molecule has 0 unspecified atom stereocenters. The second-order valence-corrected chi connectivity index (χ2v) is 1.91. The average molecular weight is 104 g/mol. The van der Waals surface area contributed by atoms with Gasteiger partial charge in [0.15, 0.2) is 0 Å². The predicted octanol–water partition coefficient (Wildman–Crippen LogP) is 2.20. The van der Waals surface area contributed by atoms with Crippen LogP contribution < -0.4 is 0 Å². The van der Waals surface area contributed by atoms with Crippen LogP contribution in [0.4, 0.5) is 0 Å². The Labute approximate surface area is 49.5 Å². The van der Waals surface area contributed by atoms with E-state index in [2.05, 4.69) is 24.6 Å². The Hall–Kier alpha value is -0.960. The van der Waals surface area contributed by atoms with Crippen LogP contribution in [0, 0.1) is 0 Å². The monoisotopic (exact) mass is 104 g/mol. The molecule has 0 nitrogen and oxygen atoms in total. The Morgan fingerprint density at radius 2 is 1.38 bits per heavy atom. The first-order chi connectivity index (χ1) is 3.86. The topological polar surface area (TPSA) is 0 Å². The molecule has 0 radical (unpaired) electrons. The van der Waals surface area contributed by atoms with Crippen molar-refractivity contribution in [3.8, 4) is 0 Å². The van der Waals surface area contributed by atoms with Crippen LogP contribution in [-0.4, -0.2) is 0 Å². The van der Waals surface area contributed by atoms with Crippen LogP contribution in [0.1, 0.15) is 12.8 Å². The molecule has 1 saturated carbocycles. The zero-order valence-corrected chi connectivity index (χ0v) is 4.83. The highest BCUT2D eigenvalue weighted by molar-refractivity contribution is 5.29. The molecule has 40 valence electrons. The van der Waals surface area contributed by atoms with Gasteiger partial charge in [-0.3, -0.25) is 0 Å². The maximum Gasteiger partial charge on any atom is 0.00506 e. The van der Waals surface area contributed by atoms with E-state index in [1.807, 2.05) is 0 Å². The van der Waals surface area contributed by atoms with Gasteiger partial charge >= 0.3 is 0 Å². The molecule has 1 rings (SSSR count). The molecule has 0 spiro atoms. The third-order valence-electron chi connectivity index (χ3n) is 1.35. The van der Waals surface area contributed by atoms with Gasteiger partial charge in [0.25, 0.3) is 0 Å². The van der Waals surface area contributed by atoms with E-state index < -0.39 is 0 Å². The highest BCUT2D eigenvalue weighted by Crippen LogP contribution is 2.29. The average Bonchev–Trinajstić information content (AvgIpc) is 1.65. The second kappa shape index (κ2) is 1.88. The van der Waals surface area contributed by atoms with Crippen molar-refractivity contribution < 1.29 is 0 Å². The molecular weight excluding hydrogens is 96.1 g/mol. The van der Waals surface area contributed by atoms with Gasteiger partial charge in [-0.1, -0.05) is 13.2 Å². The molecule has 0 aliphatic heterocycles. The van der Waals surface area contributed by atoms with Crippen LogP contribution in [0.25, 0.3) is 0 Å². The molecule has 0 aromatic heterocycles. The summed E-state index contributed by atoms with van der Waals surface area (Å²) in [6.45, 7) is 7.06. The van der Waals surface area contributed by atoms with Crippen LogP contribution in [0.5, 0.6) is 0 Å². The van der Waals surface area contributed by atoms with E-state index in [0.29, 0.717) is 0 Å². The summed E-state index contributed by atoms with van der Waals surface area (Å²) in [6, 6.07) is 0. The molecule has 0 amide bonds. The van der Waals surface area contributed by atoms with Gasteiger partial charge in [-0.05, 0) is 11.1 Å². The van der Waals surface area contributed by atoms with E-state index in [1.165, 1.54) is 11.1 Å². The third-order valence-corrected chi connectivity index (χ3v) is 1.35. The van der Waals surface area contributed by atoms with E-state index in [-0.39, 0.29) is 0 Å². The molecule has 0 N–H and O–H groups in total. The minimum absolute atomic E-state index is 1.01. The van der Waals surface area contributed by atoms with E-state index in [1.54, 1.807) is 0 Å². The number of hydrogen-bond donors (Lipinski definition) is 0. The first-order valence-electron chi connectivity index (χ1n) is 2.62. The van der Waals surface area contributed by atoms with E-state index in [9.17, 15) is 0 Å². The normalized spacial score (nSPS) is 16.5. The SMILES string of the molecule is C=C=C1CC(=C=C)C1. The van der Waals surface area contributed by atoms with Gasteiger partial charge in [0.1, 0.15) is 0 Å². The largest absolute Gasteiger partial charge is 0.129 e. The highest BCUT2D eigenvalue weighted by Gasteiger charge is 2.12. The minimum atomic E-state index is 1.01. The van der Waals surface area contributed by atoms with Crippen molar-refractivity contribution in [2.75, 3.05) is 0 Å². The Bertz CT molecular complexity index is 164. The lowest BCUT2D eigenvalue weighted by Crippen LogP contribution is -1.98. The van der Waals surface area contributed by atoms with Crippen LogP contribution in [0.2, 0.25) is 0 Å². The van der Waals surface area contributed by atoms with Gasteiger partial charge in [0.2, 0.25) is 0 Å². The molecule has 1 aliphatic carbocycles. The summed E-state index contributed by atoms with van der Waals surface area (Å²) in [6.07, 6.45) is 2.01. The molecule has 0 heterocycles. The Balaban J connectivity index is 2.68. The van der Waals surface area contributed by atoms with Gasteiger partial charge in [-0.15, -0.1) is 11.5 Å². The van der Waals surface area contributed by atoms with Crippen molar-refractivity contribution in [2.45, 2.75) is 12.8 Å². The fourth-order valence-electron chi connectivity index (χ4n) is 0.713. The minimum Gasteiger partial charge on any atom is -0.129 e. The Kier molecular flexibility index (Phi) is 1.22. The van der Waals surface area contributed by atoms with Gasteiger partial charge in [0.05, 0.1) is 0 Å². The fraction of sp³-hybridized carbons (Fsp3) is 0.250. The van der Waals surface area contributed by atoms with Gasteiger partial charge in [-0.25, -0.2) is 0 Å². The summed E-state index contributed by atoms with van der Waals surface area (Å²) in [7, 11) is 0. The fourth-order valence-corrected chi connectivity index (χ4v) is 0.713. The molecule has 0 aromatic carbocycles. The summed E-state index contributed by atoms with van der Waals surface area (Å²) in [5.41, 5.74) is 8.26. The maximum atomic E-state index is 3.53. The van der Waals surface area contributed by atoms with Crippen molar-refractivity contribution in [3.05, 3.63) is 35.8 Å². The Morgan fingerprint density at radius 1 is 1.00 bits per heavy atom. The van der Waals surface area contributed by atoms with E-state index in [4.69, 9.17) is 0 Å². The van der Waals surface area contributed by atoms with Crippen molar-refractivity contribution >= 4 is 0 Å². The number of allylic oxidation sites excluding steroid dienone is 2. The summed E-state index contributed by atoms with van der Waals surface area (Å²) >= 11 is 0. The molecule has 8 heavy (non-hydrogen) atoms. The van der Waals surface area contributed by atoms with E-state index in [0.717, 1.165) is 12.8 Å². The predicted molar refractivity (Wildman–Crippen MR) is 34.5 cm³/mol. The van der Waals surface area contributed by atoms with Crippen molar-refractivity contribution in [1.29, 1.82) is 0 Å². The quantitative estimate of drug-likeness (QED) is 0.413. The maximum absolute atomic E-state index is 3.53. The molecular formula is C8H8. The highest BCUT2D eigenvalue weighted by atomic mass is 14.1. The van der Waals surface area contributed by atoms with Crippen LogP contribution in [-0.2, 0) is 0 Å². The third kappa shape index (κ3) is 0.675. The van der Waals surface area contributed by atoms with Crippen molar-refractivity contribution in [1.82, 2.24) is 0 Å². The number of hydrogen-bond acceptors (Lipinski definition) is 0. The molecule has 0 atom stereocenters. The number of rotatable bonds is 0. The summed E-state index contributed by atoms with van der Waals surface area (Å²) in [5, 5.41) is 0. The zero-order chi connectivity index (χ0) is 5.98. The van der Waals surface area contributed by atoms with Crippen LogP contribution >= 0.6 is 0 Å².